The number of amides is 2. The summed E-state index contributed by atoms with van der Waals surface area (Å²) >= 11 is 0. The quantitative estimate of drug-likeness (QED) is 0.777. The summed E-state index contributed by atoms with van der Waals surface area (Å²) in [5.41, 5.74) is -0.451. The van der Waals surface area contributed by atoms with E-state index in [9.17, 15) is 22.8 Å². The zero-order valence-electron chi connectivity index (χ0n) is 15.9. The first kappa shape index (κ1) is 21.3. The molecule has 1 fully saturated rings. The van der Waals surface area contributed by atoms with Crippen LogP contribution in [-0.2, 0) is 11.0 Å². The number of hydrogen-bond donors (Lipinski definition) is 0. The van der Waals surface area contributed by atoms with Crippen LogP contribution in [0.2, 0.25) is 0 Å². The van der Waals surface area contributed by atoms with Crippen LogP contribution < -0.4 is 0 Å². The Bertz CT molecular complexity index is 669. The molecule has 0 N–H and O–H groups in total. The minimum absolute atomic E-state index is 0.0181. The highest BCUT2D eigenvalue weighted by molar-refractivity contribution is 5.95. The van der Waals surface area contributed by atoms with Gasteiger partial charge in [0.15, 0.2) is 0 Å². The number of carbonyl (C=O) groups excluding carboxylic acids is 2. The van der Waals surface area contributed by atoms with E-state index in [0.29, 0.717) is 39.1 Å². The minimum atomic E-state index is -4.71. The van der Waals surface area contributed by atoms with Gasteiger partial charge in [-0.2, -0.15) is 13.2 Å². The Balaban J connectivity index is 2.04. The maximum atomic E-state index is 13.1. The lowest BCUT2D eigenvalue weighted by Gasteiger charge is -2.25. The van der Waals surface area contributed by atoms with Gasteiger partial charge in [-0.15, -0.1) is 0 Å². The van der Waals surface area contributed by atoms with E-state index in [0.717, 1.165) is 6.07 Å². The van der Waals surface area contributed by atoms with E-state index in [2.05, 4.69) is 0 Å². The Kier molecular flexibility index (Phi) is 6.91. The number of aryl methyl sites for hydroxylation is 1. The fourth-order valence-corrected chi connectivity index (χ4v) is 3.25. The van der Waals surface area contributed by atoms with Crippen LogP contribution in [-0.4, -0.2) is 72.3 Å². The third-order valence-electron chi connectivity index (χ3n) is 4.69. The van der Waals surface area contributed by atoms with Crippen molar-refractivity contribution in [3.05, 3.63) is 23.2 Å². The molecule has 1 aromatic rings. The normalized spacial score (nSPS) is 16.3. The van der Waals surface area contributed by atoms with E-state index in [1.165, 1.54) is 11.8 Å². The molecule has 0 atom stereocenters. The standard InChI is InChI=1S/C18H26F3N3O3/c1-4-23(5-2)15(25)12-22-7-6-8-24(10-9-22)17(26)14-11-13(3)27-16(14)18(19,20)21/h11H,4-10,12H2,1-3H3. The van der Waals surface area contributed by atoms with Crippen molar-refractivity contribution in [1.29, 1.82) is 0 Å². The molecule has 0 radical (unpaired) electrons. The molecule has 0 aromatic carbocycles. The molecule has 1 saturated heterocycles. The molecule has 27 heavy (non-hydrogen) atoms. The number of rotatable bonds is 5. The van der Waals surface area contributed by atoms with Crippen LogP contribution in [0.25, 0.3) is 0 Å². The predicted molar refractivity (Wildman–Crippen MR) is 93.3 cm³/mol. The SMILES string of the molecule is CCN(CC)C(=O)CN1CCCN(C(=O)c2cc(C)oc2C(F)(F)F)CC1. The summed E-state index contributed by atoms with van der Waals surface area (Å²) < 4.78 is 44.0. The summed E-state index contributed by atoms with van der Waals surface area (Å²) in [7, 11) is 0. The Morgan fingerprint density at radius 3 is 2.41 bits per heavy atom. The third kappa shape index (κ3) is 5.24. The number of halogens is 3. The van der Waals surface area contributed by atoms with Crippen molar-refractivity contribution in [3.63, 3.8) is 0 Å². The lowest BCUT2D eigenvalue weighted by molar-refractivity contribution is -0.153. The van der Waals surface area contributed by atoms with Gasteiger partial charge in [-0.25, -0.2) is 0 Å². The van der Waals surface area contributed by atoms with Crippen LogP contribution in [0.5, 0.6) is 0 Å². The zero-order chi connectivity index (χ0) is 20.2. The molecule has 0 aliphatic carbocycles. The van der Waals surface area contributed by atoms with Gasteiger partial charge >= 0.3 is 6.18 Å². The van der Waals surface area contributed by atoms with Gasteiger partial charge in [0.05, 0.1) is 12.1 Å². The number of nitrogens with zero attached hydrogens (tertiary/aromatic N) is 3. The number of furan rings is 1. The number of likely N-dealkylation sites (N-methyl/N-ethyl adjacent to an activating group) is 1. The maximum Gasteiger partial charge on any atom is 0.450 e. The molecule has 2 rings (SSSR count). The maximum absolute atomic E-state index is 13.1. The number of hydrogen-bond acceptors (Lipinski definition) is 4. The molecule has 1 aliphatic heterocycles. The van der Waals surface area contributed by atoms with Gasteiger partial charge < -0.3 is 14.2 Å². The van der Waals surface area contributed by atoms with Crippen LogP contribution in [0, 0.1) is 6.92 Å². The molecular formula is C18H26F3N3O3. The molecule has 0 saturated carbocycles. The van der Waals surface area contributed by atoms with Crippen LogP contribution in [0.3, 0.4) is 0 Å². The smallest absolute Gasteiger partial charge is 0.450 e. The number of carbonyl (C=O) groups is 2. The van der Waals surface area contributed by atoms with Crippen molar-refractivity contribution in [2.75, 3.05) is 45.8 Å². The molecule has 1 aliphatic rings. The van der Waals surface area contributed by atoms with E-state index >= 15 is 0 Å². The first-order chi connectivity index (χ1) is 12.7. The van der Waals surface area contributed by atoms with Gasteiger partial charge in [0.25, 0.3) is 5.91 Å². The number of alkyl halides is 3. The average Bonchev–Trinajstić information content (AvgIpc) is 2.85. The van der Waals surface area contributed by atoms with Crippen molar-refractivity contribution in [3.8, 4) is 0 Å². The van der Waals surface area contributed by atoms with E-state index in [1.54, 1.807) is 4.90 Å². The van der Waals surface area contributed by atoms with Gasteiger partial charge in [0.2, 0.25) is 11.7 Å². The lowest BCUT2D eigenvalue weighted by atomic mass is 10.2. The highest BCUT2D eigenvalue weighted by Crippen LogP contribution is 2.34. The van der Waals surface area contributed by atoms with E-state index in [1.807, 2.05) is 18.7 Å². The monoisotopic (exact) mass is 389 g/mol. The first-order valence-corrected chi connectivity index (χ1v) is 9.14. The zero-order valence-corrected chi connectivity index (χ0v) is 15.9. The summed E-state index contributed by atoms with van der Waals surface area (Å²) in [6.45, 7) is 8.40. The van der Waals surface area contributed by atoms with Gasteiger partial charge in [-0.3, -0.25) is 14.5 Å². The molecule has 9 heteroatoms. The molecular weight excluding hydrogens is 363 g/mol. The third-order valence-corrected chi connectivity index (χ3v) is 4.69. The van der Waals surface area contributed by atoms with Crippen LogP contribution >= 0.6 is 0 Å². The second kappa shape index (κ2) is 8.77. The van der Waals surface area contributed by atoms with Crippen molar-refractivity contribution in [2.45, 2.75) is 33.4 Å². The summed E-state index contributed by atoms with van der Waals surface area (Å²) in [4.78, 5) is 30.0. The second-order valence-electron chi connectivity index (χ2n) is 6.59. The molecule has 2 heterocycles. The van der Waals surface area contributed by atoms with Gasteiger partial charge in [0.1, 0.15) is 5.76 Å². The van der Waals surface area contributed by atoms with Crippen molar-refractivity contribution in [1.82, 2.24) is 14.7 Å². The second-order valence-corrected chi connectivity index (χ2v) is 6.59. The summed E-state index contributed by atoms with van der Waals surface area (Å²) in [6.07, 6.45) is -4.12. The molecule has 0 spiro atoms. The molecule has 0 bridgehead atoms. The summed E-state index contributed by atoms with van der Waals surface area (Å²) in [5.74, 6) is -1.87. The van der Waals surface area contributed by atoms with E-state index in [-0.39, 0.29) is 24.8 Å². The average molecular weight is 389 g/mol. The highest BCUT2D eigenvalue weighted by Gasteiger charge is 2.41. The first-order valence-electron chi connectivity index (χ1n) is 9.14. The van der Waals surface area contributed by atoms with Crippen molar-refractivity contribution >= 4 is 11.8 Å². The Hall–Kier alpha value is -2.03. The van der Waals surface area contributed by atoms with E-state index in [4.69, 9.17) is 4.42 Å². The predicted octanol–water partition coefficient (Wildman–Crippen LogP) is 2.62. The largest absolute Gasteiger partial charge is 0.456 e. The van der Waals surface area contributed by atoms with Crippen LogP contribution in [0.4, 0.5) is 13.2 Å². The fourth-order valence-electron chi connectivity index (χ4n) is 3.25. The fraction of sp³-hybridized carbons (Fsp3) is 0.667. The van der Waals surface area contributed by atoms with Gasteiger partial charge in [0, 0.05) is 39.3 Å². The van der Waals surface area contributed by atoms with Crippen molar-refractivity contribution < 1.29 is 27.2 Å². The summed E-state index contributed by atoms with van der Waals surface area (Å²) in [5, 5.41) is 0. The Morgan fingerprint density at radius 1 is 1.15 bits per heavy atom. The minimum Gasteiger partial charge on any atom is -0.456 e. The highest BCUT2D eigenvalue weighted by atomic mass is 19.4. The Morgan fingerprint density at radius 2 is 1.81 bits per heavy atom. The molecule has 1 aromatic heterocycles. The molecule has 6 nitrogen and oxygen atoms in total. The van der Waals surface area contributed by atoms with Gasteiger partial charge in [-0.1, -0.05) is 0 Å². The molecule has 152 valence electrons. The van der Waals surface area contributed by atoms with Gasteiger partial charge in [-0.05, 0) is 33.3 Å². The summed E-state index contributed by atoms with van der Waals surface area (Å²) in [6, 6.07) is 1.14. The van der Waals surface area contributed by atoms with Crippen molar-refractivity contribution in [2.24, 2.45) is 0 Å². The molecule has 2 amide bonds. The molecule has 0 unspecified atom stereocenters. The topological polar surface area (TPSA) is 57.0 Å². The van der Waals surface area contributed by atoms with E-state index < -0.39 is 23.4 Å². The lowest BCUT2D eigenvalue weighted by Crippen LogP contribution is -2.42. The van der Waals surface area contributed by atoms with Crippen LogP contribution in [0.1, 0.15) is 42.1 Å². The Labute approximate surface area is 156 Å². The van der Waals surface area contributed by atoms with Crippen LogP contribution in [0.15, 0.2) is 10.5 Å².